The summed E-state index contributed by atoms with van der Waals surface area (Å²) >= 11 is 0. The Kier molecular flexibility index (Phi) is 2.64. The van der Waals surface area contributed by atoms with Crippen molar-refractivity contribution in [1.29, 1.82) is 0 Å². The summed E-state index contributed by atoms with van der Waals surface area (Å²) in [5.74, 6) is 0. The van der Waals surface area contributed by atoms with Crippen LogP contribution in [0.5, 0.6) is 0 Å². The van der Waals surface area contributed by atoms with E-state index in [2.05, 4.69) is 49.1 Å². The van der Waals surface area contributed by atoms with Crippen LogP contribution in [0.25, 0.3) is 11.6 Å². The molecule has 0 aliphatic heterocycles. The summed E-state index contributed by atoms with van der Waals surface area (Å²) in [6.45, 7) is 3.78. The third kappa shape index (κ3) is 1.85. The van der Waals surface area contributed by atoms with E-state index >= 15 is 0 Å². The zero-order chi connectivity index (χ0) is 9.80. The molecule has 0 N–H and O–H groups in total. The Morgan fingerprint density at radius 2 is 2.21 bits per heavy atom. The van der Waals surface area contributed by atoms with Gasteiger partial charge in [0.2, 0.25) is 0 Å². The lowest BCUT2D eigenvalue weighted by Gasteiger charge is -2.09. The summed E-state index contributed by atoms with van der Waals surface area (Å²) in [4.78, 5) is 0. The lowest BCUT2D eigenvalue weighted by molar-refractivity contribution is 1.05. The van der Waals surface area contributed by atoms with Crippen LogP contribution in [0.1, 0.15) is 24.0 Å². The van der Waals surface area contributed by atoms with Crippen LogP contribution in [-0.4, -0.2) is 0 Å². The molecular weight excluding hydrogens is 168 g/mol. The smallest absolute Gasteiger partial charge is 0.0218 e. The largest absolute Gasteiger partial charge is 0.0985 e. The van der Waals surface area contributed by atoms with E-state index in [-0.39, 0.29) is 0 Å². The quantitative estimate of drug-likeness (QED) is 0.647. The molecule has 2 rings (SSSR count). The van der Waals surface area contributed by atoms with E-state index in [4.69, 9.17) is 0 Å². The van der Waals surface area contributed by atoms with Crippen LogP contribution >= 0.6 is 0 Å². The highest BCUT2D eigenvalue weighted by atomic mass is 14.1. The fourth-order valence-electron chi connectivity index (χ4n) is 1.71. The topological polar surface area (TPSA) is 0 Å². The average molecular weight is 182 g/mol. The molecule has 0 radical (unpaired) electrons. The summed E-state index contributed by atoms with van der Waals surface area (Å²) in [5, 5.41) is 0. The predicted molar refractivity (Wildman–Crippen MR) is 62.9 cm³/mol. The predicted octanol–water partition coefficient (Wildman–Crippen LogP) is 4.06. The molecule has 0 spiro atoms. The average Bonchev–Trinajstić information content (AvgIpc) is 2.30. The monoisotopic (exact) mass is 182 g/mol. The summed E-state index contributed by atoms with van der Waals surface area (Å²) in [6, 6.07) is 8.53. The van der Waals surface area contributed by atoms with E-state index in [0.29, 0.717) is 0 Å². The number of hydrogen-bond donors (Lipinski definition) is 0. The number of allylic oxidation sites excluding steroid dienone is 4. The molecule has 1 aromatic carbocycles. The Hall–Kier alpha value is -1.56. The molecular formula is C14H14. The minimum Gasteiger partial charge on any atom is -0.0985 e. The Morgan fingerprint density at radius 3 is 2.93 bits per heavy atom. The van der Waals surface area contributed by atoms with Gasteiger partial charge in [0.15, 0.2) is 0 Å². The second-order valence-corrected chi connectivity index (χ2v) is 3.49. The summed E-state index contributed by atoms with van der Waals surface area (Å²) in [5.41, 5.74) is 3.95. The molecule has 0 bridgehead atoms. The third-order valence-corrected chi connectivity index (χ3v) is 2.51. The maximum absolute atomic E-state index is 3.78. The molecule has 0 saturated heterocycles. The molecule has 1 aliphatic rings. The van der Waals surface area contributed by atoms with Crippen LogP contribution in [0, 0.1) is 0 Å². The van der Waals surface area contributed by atoms with Gasteiger partial charge >= 0.3 is 0 Å². The molecule has 0 fully saturated rings. The summed E-state index contributed by atoms with van der Waals surface area (Å²) in [6.07, 6.45) is 10.7. The number of rotatable bonds is 2. The fourth-order valence-corrected chi connectivity index (χ4v) is 1.71. The number of hydrogen-bond acceptors (Lipinski definition) is 0. The third-order valence-electron chi connectivity index (χ3n) is 2.51. The highest BCUT2D eigenvalue weighted by Gasteiger charge is 2.02. The highest BCUT2D eigenvalue weighted by Crippen LogP contribution is 2.24. The first kappa shape index (κ1) is 9.01. The maximum atomic E-state index is 3.78. The molecule has 0 amide bonds. The van der Waals surface area contributed by atoms with E-state index in [0.717, 1.165) is 12.8 Å². The molecule has 1 aromatic rings. The van der Waals surface area contributed by atoms with Crippen LogP contribution in [-0.2, 0) is 0 Å². The van der Waals surface area contributed by atoms with Crippen molar-refractivity contribution in [2.75, 3.05) is 0 Å². The molecule has 0 nitrogen and oxygen atoms in total. The SMILES string of the molecule is C=Cc1cccc(C2=CC=CCC2)c1. The van der Waals surface area contributed by atoms with E-state index in [1.54, 1.807) is 0 Å². The van der Waals surface area contributed by atoms with Crippen molar-refractivity contribution >= 4 is 11.6 Å². The first-order valence-electron chi connectivity index (χ1n) is 4.99. The zero-order valence-electron chi connectivity index (χ0n) is 8.24. The Morgan fingerprint density at radius 1 is 1.29 bits per heavy atom. The van der Waals surface area contributed by atoms with Crippen LogP contribution in [0.4, 0.5) is 0 Å². The first-order valence-corrected chi connectivity index (χ1v) is 4.99. The van der Waals surface area contributed by atoms with Crippen molar-refractivity contribution in [3.63, 3.8) is 0 Å². The molecule has 70 valence electrons. The van der Waals surface area contributed by atoms with Crippen molar-refractivity contribution in [2.45, 2.75) is 12.8 Å². The Balaban J connectivity index is 2.35. The van der Waals surface area contributed by atoms with Crippen molar-refractivity contribution in [2.24, 2.45) is 0 Å². The minimum absolute atomic E-state index is 1.15. The van der Waals surface area contributed by atoms with Crippen LogP contribution in [0.2, 0.25) is 0 Å². The van der Waals surface area contributed by atoms with Crippen molar-refractivity contribution in [3.05, 3.63) is 60.2 Å². The molecule has 0 saturated carbocycles. The molecule has 0 unspecified atom stereocenters. The van der Waals surface area contributed by atoms with Crippen LogP contribution in [0.3, 0.4) is 0 Å². The molecule has 1 aliphatic carbocycles. The Labute approximate surface area is 85.3 Å². The van der Waals surface area contributed by atoms with Gasteiger partial charge in [-0.2, -0.15) is 0 Å². The standard InChI is InChI=1S/C14H14/c1-2-12-7-6-10-14(11-12)13-8-4-3-5-9-13/h2-4,6-8,10-11H,1,5,9H2. The minimum atomic E-state index is 1.15. The maximum Gasteiger partial charge on any atom is -0.0218 e. The van der Waals surface area contributed by atoms with E-state index in [1.807, 2.05) is 6.08 Å². The van der Waals surface area contributed by atoms with E-state index in [9.17, 15) is 0 Å². The lowest BCUT2D eigenvalue weighted by atomic mass is 9.96. The van der Waals surface area contributed by atoms with Crippen LogP contribution in [0.15, 0.2) is 49.1 Å². The Bertz CT molecular complexity index is 394. The molecule has 14 heavy (non-hydrogen) atoms. The van der Waals surface area contributed by atoms with E-state index in [1.165, 1.54) is 16.7 Å². The van der Waals surface area contributed by atoms with Crippen molar-refractivity contribution < 1.29 is 0 Å². The van der Waals surface area contributed by atoms with E-state index < -0.39 is 0 Å². The van der Waals surface area contributed by atoms with Gasteiger partial charge in [0.25, 0.3) is 0 Å². The fraction of sp³-hybridized carbons (Fsp3) is 0.143. The summed E-state index contributed by atoms with van der Waals surface area (Å²) < 4.78 is 0. The van der Waals surface area contributed by atoms with Crippen molar-refractivity contribution in [3.8, 4) is 0 Å². The van der Waals surface area contributed by atoms with Crippen LogP contribution < -0.4 is 0 Å². The van der Waals surface area contributed by atoms with Crippen molar-refractivity contribution in [1.82, 2.24) is 0 Å². The van der Waals surface area contributed by atoms with Gasteiger partial charge in [-0.15, -0.1) is 0 Å². The highest BCUT2D eigenvalue weighted by molar-refractivity contribution is 5.70. The van der Waals surface area contributed by atoms with Gasteiger partial charge < -0.3 is 0 Å². The van der Waals surface area contributed by atoms with Gasteiger partial charge in [-0.05, 0) is 35.6 Å². The molecule has 0 heterocycles. The normalized spacial score (nSPS) is 15.0. The molecule has 0 aromatic heterocycles. The summed E-state index contributed by atoms with van der Waals surface area (Å²) in [7, 11) is 0. The van der Waals surface area contributed by atoms with Gasteiger partial charge in [-0.1, -0.05) is 49.1 Å². The second-order valence-electron chi connectivity index (χ2n) is 3.49. The van der Waals surface area contributed by atoms with Gasteiger partial charge in [-0.25, -0.2) is 0 Å². The van der Waals surface area contributed by atoms with Gasteiger partial charge in [0, 0.05) is 0 Å². The lowest BCUT2D eigenvalue weighted by Crippen LogP contribution is -1.88. The van der Waals surface area contributed by atoms with Gasteiger partial charge in [-0.3, -0.25) is 0 Å². The number of benzene rings is 1. The molecule has 0 atom stereocenters. The zero-order valence-corrected chi connectivity index (χ0v) is 8.24. The first-order chi connectivity index (χ1) is 6.90. The van der Waals surface area contributed by atoms with Gasteiger partial charge in [0.05, 0.1) is 0 Å². The molecule has 0 heteroatoms. The second kappa shape index (κ2) is 4.10. The van der Waals surface area contributed by atoms with Gasteiger partial charge in [0.1, 0.15) is 0 Å².